The zero-order valence-electron chi connectivity index (χ0n) is 6.78. The van der Waals surface area contributed by atoms with Gasteiger partial charge in [-0.2, -0.15) is 0 Å². The van der Waals surface area contributed by atoms with Gasteiger partial charge in [-0.05, 0) is 6.07 Å². The lowest BCUT2D eigenvalue weighted by Crippen LogP contribution is -2.02. The van der Waals surface area contributed by atoms with E-state index in [1.54, 1.807) is 0 Å². The fourth-order valence-corrected chi connectivity index (χ4v) is 1.19. The third-order valence-electron chi connectivity index (χ3n) is 1.82. The fourth-order valence-electron chi connectivity index (χ4n) is 1.19. The minimum absolute atomic E-state index is 0.545. The minimum atomic E-state index is 0.545. The molecule has 2 rings (SSSR count). The van der Waals surface area contributed by atoms with E-state index in [0.29, 0.717) is 5.82 Å². The molecule has 0 aliphatic rings. The normalized spacial score (nSPS) is 10.3. The van der Waals surface area contributed by atoms with Gasteiger partial charge in [-0.25, -0.2) is 9.97 Å². The van der Waals surface area contributed by atoms with Crippen LogP contribution in [0.5, 0.6) is 0 Å². The van der Waals surface area contributed by atoms with Gasteiger partial charge in [-0.15, -0.1) is 0 Å². The molecule has 12 heavy (non-hydrogen) atoms. The van der Waals surface area contributed by atoms with Crippen LogP contribution in [0.4, 0.5) is 5.82 Å². The molecule has 3 nitrogen and oxygen atoms in total. The maximum atomic E-state index is 5.67. The molecule has 1 aromatic heterocycles. The van der Waals surface area contributed by atoms with Crippen LogP contribution >= 0.6 is 0 Å². The summed E-state index contributed by atoms with van der Waals surface area (Å²) in [5.74, 6) is 0.545. The van der Waals surface area contributed by atoms with Crippen molar-refractivity contribution in [1.29, 1.82) is 0 Å². The lowest BCUT2D eigenvalue weighted by Gasteiger charge is -1.99. The number of nitrogens with zero attached hydrogens (tertiary/aromatic N) is 2. The molecule has 2 aromatic rings. The molecule has 0 bridgehead atoms. The summed E-state index contributed by atoms with van der Waals surface area (Å²) in [5, 5.41) is 0.928. The Kier molecular flexibility index (Phi) is 1.47. The first-order chi connectivity index (χ1) is 5.77. The molecule has 1 heterocycles. The molecule has 58 valence electrons. The topological polar surface area (TPSA) is 51.8 Å². The number of anilines is 1. The second kappa shape index (κ2) is 2.48. The molecule has 0 radical (unpaired) electrons. The highest BCUT2D eigenvalue weighted by Gasteiger charge is 1.98. The highest BCUT2D eigenvalue weighted by molar-refractivity contribution is 6.33. The van der Waals surface area contributed by atoms with Gasteiger partial charge in [0.25, 0.3) is 0 Å². The summed E-state index contributed by atoms with van der Waals surface area (Å²) in [5.41, 5.74) is 7.74. The van der Waals surface area contributed by atoms with Crippen LogP contribution in [-0.4, -0.2) is 17.8 Å². The number of nitrogen functional groups attached to an aromatic ring is 1. The molecule has 0 saturated heterocycles. The quantitative estimate of drug-likeness (QED) is 0.523. The molecular formula is C8H8BN3. The number of aromatic nitrogens is 2. The smallest absolute Gasteiger partial charge is 0.139 e. The lowest BCUT2D eigenvalue weighted by atomic mass is 9.95. The highest BCUT2D eigenvalue weighted by atomic mass is 14.9. The monoisotopic (exact) mass is 157 g/mol. The zero-order chi connectivity index (χ0) is 8.55. The van der Waals surface area contributed by atoms with E-state index in [1.165, 1.54) is 11.8 Å². The van der Waals surface area contributed by atoms with E-state index >= 15 is 0 Å². The molecule has 1 aromatic carbocycles. The maximum absolute atomic E-state index is 5.67. The Morgan fingerprint density at radius 2 is 2.08 bits per heavy atom. The van der Waals surface area contributed by atoms with E-state index in [-0.39, 0.29) is 0 Å². The molecule has 0 atom stereocenters. The van der Waals surface area contributed by atoms with Crippen molar-refractivity contribution >= 4 is 30.0 Å². The van der Waals surface area contributed by atoms with Crippen LogP contribution in [0.15, 0.2) is 24.5 Å². The van der Waals surface area contributed by atoms with Gasteiger partial charge in [0, 0.05) is 5.39 Å². The zero-order valence-corrected chi connectivity index (χ0v) is 6.78. The van der Waals surface area contributed by atoms with Gasteiger partial charge in [-0.3, -0.25) is 0 Å². The number of rotatable bonds is 0. The van der Waals surface area contributed by atoms with E-state index in [9.17, 15) is 0 Å². The van der Waals surface area contributed by atoms with Crippen LogP contribution < -0.4 is 11.2 Å². The molecule has 0 aliphatic carbocycles. The molecule has 0 saturated carbocycles. The van der Waals surface area contributed by atoms with E-state index < -0.39 is 0 Å². The van der Waals surface area contributed by atoms with Crippen LogP contribution in [0.1, 0.15) is 0 Å². The standard InChI is InChI=1S/C8H8BN3/c9-5-1-2-7-6(3-5)8(10)12-4-11-7/h1-4H,9H2,(H2,10,11,12). The number of benzene rings is 1. The van der Waals surface area contributed by atoms with E-state index in [1.807, 2.05) is 26.0 Å². The van der Waals surface area contributed by atoms with Gasteiger partial charge < -0.3 is 5.73 Å². The van der Waals surface area contributed by atoms with Gasteiger partial charge in [0.05, 0.1) is 5.52 Å². The summed E-state index contributed by atoms with van der Waals surface area (Å²) in [6.07, 6.45) is 1.48. The molecule has 0 amide bonds. The number of hydrogen-bond donors (Lipinski definition) is 1. The molecule has 0 aliphatic heterocycles. The van der Waals surface area contributed by atoms with Crippen molar-refractivity contribution in [2.24, 2.45) is 0 Å². The molecule has 4 heteroatoms. The molecule has 0 fully saturated rings. The van der Waals surface area contributed by atoms with Crippen molar-refractivity contribution in [3.05, 3.63) is 24.5 Å². The number of nitrogens with two attached hydrogens (primary N) is 1. The Balaban J connectivity index is 2.88. The second-order valence-electron chi connectivity index (χ2n) is 2.78. The first kappa shape index (κ1) is 7.09. The predicted octanol–water partition coefficient (Wildman–Crippen LogP) is -0.530. The van der Waals surface area contributed by atoms with Crippen molar-refractivity contribution in [3.63, 3.8) is 0 Å². The molecular weight excluding hydrogens is 149 g/mol. The maximum Gasteiger partial charge on any atom is 0.139 e. The van der Waals surface area contributed by atoms with Gasteiger partial charge in [-0.1, -0.05) is 17.6 Å². The van der Waals surface area contributed by atoms with Crippen molar-refractivity contribution in [2.45, 2.75) is 0 Å². The Bertz CT molecular complexity index is 428. The van der Waals surface area contributed by atoms with Crippen molar-refractivity contribution < 1.29 is 0 Å². The van der Waals surface area contributed by atoms with Crippen LogP contribution in [-0.2, 0) is 0 Å². The Morgan fingerprint density at radius 1 is 1.25 bits per heavy atom. The average molecular weight is 157 g/mol. The molecule has 2 N–H and O–H groups in total. The SMILES string of the molecule is Bc1ccc2ncnc(N)c2c1. The highest BCUT2D eigenvalue weighted by Crippen LogP contribution is 2.13. The summed E-state index contributed by atoms with van der Waals surface area (Å²) in [7, 11) is 2.02. The Morgan fingerprint density at radius 3 is 2.92 bits per heavy atom. The summed E-state index contributed by atoms with van der Waals surface area (Å²) in [6, 6.07) is 5.95. The predicted molar refractivity (Wildman–Crippen MR) is 52.1 cm³/mol. The number of fused-ring (bicyclic) bond motifs is 1. The summed E-state index contributed by atoms with van der Waals surface area (Å²) in [6.45, 7) is 0. The van der Waals surface area contributed by atoms with Crippen LogP contribution in [0.3, 0.4) is 0 Å². The van der Waals surface area contributed by atoms with E-state index in [4.69, 9.17) is 5.73 Å². The Hall–Kier alpha value is -1.58. The Labute approximate surface area is 71.0 Å². The van der Waals surface area contributed by atoms with Crippen molar-refractivity contribution in [2.75, 3.05) is 5.73 Å². The summed E-state index contributed by atoms with van der Waals surface area (Å²) in [4.78, 5) is 8.01. The first-order valence-electron chi connectivity index (χ1n) is 3.74. The van der Waals surface area contributed by atoms with Crippen molar-refractivity contribution in [1.82, 2.24) is 9.97 Å². The summed E-state index contributed by atoms with van der Waals surface area (Å²) >= 11 is 0. The average Bonchev–Trinajstić information content (AvgIpc) is 2.07. The van der Waals surface area contributed by atoms with Gasteiger partial charge in [0.2, 0.25) is 0 Å². The fraction of sp³-hybridized carbons (Fsp3) is 0. The van der Waals surface area contributed by atoms with E-state index in [0.717, 1.165) is 10.9 Å². The van der Waals surface area contributed by atoms with E-state index in [2.05, 4.69) is 9.97 Å². The van der Waals surface area contributed by atoms with Crippen LogP contribution in [0.2, 0.25) is 0 Å². The third kappa shape index (κ3) is 1.01. The number of hydrogen-bond acceptors (Lipinski definition) is 3. The van der Waals surface area contributed by atoms with Crippen LogP contribution in [0.25, 0.3) is 10.9 Å². The van der Waals surface area contributed by atoms with Gasteiger partial charge in [0.15, 0.2) is 0 Å². The summed E-state index contributed by atoms with van der Waals surface area (Å²) < 4.78 is 0. The van der Waals surface area contributed by atoms with Crippen molar-refractivity contribution in [3.8, 4) is 0 Å². The molecule has 0 spiro atoms. The van der Waals surface area contributed by atoms with Gasteiger partial charge in [0.1, 0.15) is 20.0 Å². The third-order valence-corrected chi connectivity index (χ3v) is 1.82. The van der Waals surface area contributed by atoms with Crippen LogP contribution in [0, 0.1) is 0 Å². The largest absolute Gasteiger partial charge is 0.383 e. The lowest BCUT2D eigenvalue weighted by molar-refractivity contribution is 1.23. The van der Waals surface area contributed by atoms with Gasteiger partial charge >= 0.3 is 0 Å². The minimum Gasteiger partial charge on any atom is -0.383 e. The first-order valence-corrected chi connectivity index (χ1v) is 3.74. The molecule has 0 unspecified atom stereocenters. The second-order valence-corrected chi connectivity index (χ2v) is 2.78.